The summed E-state index contributed by atoms with van der Waals surface area (Å²) >= 11 is 4.07. The van der Waals surface area contributed by atoms with Crippen molar-refractivity contribution < 1.29 is 18.0 Å². The standard InChI is InChI=1S/C14H14F3N3OS3/c1-3-22-12-19-20-13(24-12)23-8(2)11(21)18-10-7-5-4-6-9(10)14(15,16)17/h4-8H,3H2,1-2H3,(H,18,21)/t8-/m1/s1. The summed E-state index contributed by atoms with van der Waals surface area (Å²) in [5, 5.41) is 9.69. The first-order valence-electron chi connectivity index (χ1n) is 6.91. The molecule has 4 nitrogen and oxygen atoms in total. The summed E-state index contributed by atoms with van der Waals surface area (Å²) < 4.78 is 40.2. The second-order valence-corrected chi connectivity index (χ2v) is 8.64. The number of amides is 1. The Balaban J connectivity index is 2.04. The van der Waals surface area contributed by atoms with E-state index in [0.717, 1.165) is 16.2 Å². The van der Waals surface area contributed by atoms with E-state index in [0.29, 0.717) is 4.34 Å². The third-order valence-corrected chi connectivity index (χ3v) is 5.92. The lowest BCUT2D eigenvalue weighted by molar-refractivity contribution is -0.137. The molecule has 0 saturated carbocycles. The van der Waals surface area contributed by atoms with Gasteiger partial charge in [-0.25, -0.2) is 0 Å². The second-order valence-electron chi connectivity index (χ2n) is 4.56. The van der Waals surface area contributed by atoms with Gasteiger partial charge in [-0.05, 0) is 24.8 Å². The Morgan fingerprint density at radius 1 is 1.29 bits per heavy atom. The summed E-state index contributed by atoms with van der Waals surface area (Å²) in [6, 6.07) is 4.90. The maximum Gasteiger partial charge on any atom is 0.418 e. The van der Waals surface area contributed by atoms with Crippen LogP contribution in [-0.2, 0) is 11.0 Å². The average molecular weight is 393 g/mol. The van der Waals surface area contributed by atoms with Crippen molar-refractivity contribution in [1.82, 2.24) is 10.2 Å². The van der Waals surface area contributed by atoms with Gasteiger partial charge in [0, 0.05) is 0 Å². The molecule has 10 heteroatoms. The Kier molecular flexibility index (Phi) is 6.53. The predicted molar refractivity (Wildman–Crippen MR) is 91.7 cm³/mol. The normalized spacial score (nSPS) is 12.9. The molecular weight excluding hydrogens is 379 g/mol. The molecule has 0 fully saturated rings. The molecule has 24 heavy (non-hydrogen) atoms. The minimum absolute atomic E-state index is 0.248. The predicted octanol–water partition coefficient (Wildman–Crippen LogP) is 4.79. The first-order chi connectivity index (χ1) is 11.3. The number of halogens is 3. The number of nitrogens with zero attached hydrogens (tertiary/aromatic N) is 2. The summed E-state index contributed by atoms with van der Waals surface area (Å²) in [6.07, 6.45) is -4.52. The number of para-hydroxylation sites is 1. The van der Waals surface area contributed by atoms with E-state index in [1.54, 1.807) is 18.7 Å². The molecule has 0 aliphatic carbocycles. The van der Waals surface area contributed by atoms with Gasteiger partial charge in [0.05, 0.1) is 16.5 Å². The molecule has 2 aromatic rings. The molecule has 130 valence electrons. The Labute approximate surface area is 149 Å². The van der Waals surface area contributed by atoms with Gasteiger partial charge in [0.2, 0.25) is 5.91 Å². The van der Waals surface area contributed by atoms with Crippen LogP contribution in [0.4, 0.5) is 18.9 Å². The zero-order valence-electron chi connectivity index (χ0n) is 12.8. The number of alkyl halides is 3. The highest BCUT2D eigenvalue weighted by Crippen LogP contribution is 2.35. The number of carbonyl (C=O) groups excluding carboxylic acids is 1. The van der Waals surface area contributed by atoms with Gasteiger partial charge in [-0.2, -0.15) is 13.2 Å². The number of carbonyl (C=O) groups is 1. The number of thioether (sulfide) groups is 2. The lowest BCUT2D eigenvalue weighted by atomic mass is 10.1. The summed E-state index contributed by atoms with van der Waals surface area (Å²) in [6.45, 7) is 3.61. The molecule has 0 spiro atoms. The summed E-state index contributed by atoms with van der Waals surface area (Å²) in [7, 11) is 0. The summed E-state index contributed by atoms with van der Waals surface area (Å²) in [5.74, 6) is 0.348. The molecule has 1 amide bonds. The molecule has 2 rings (SSSR count). The SMILES string of the molecule is CCSc1nnc(S[C@H](C)C(=O)Nc2ccccc2C(F)(F)F)s1. The van der Waals surface area contributed by atoms with Crippen LogP contribution in [0.15, 0.2) is 32.9 Å². The maximum atomic E-state index is 12.9. The van der Waals surface area contributed by atoms with Crippen LogP contribution in [0.5, 0.6) is 0 Å². The first-order valence-corrected chi connectivity index (χ1v) is 9.59. The van der Waals surface area contributed by atoms with Gasteiger partial charge in [0.1, 0.15) is 0 Å². The number of nitrogens with one attached hydrogen (secondary N) is 1. The van der Waals surface area contributed by atoms with E-state index in [2.05, 4.69) is 15.5 Å². The minimum atomic E-state index is -4.52. The molecule has 0 bridgehead atoms. The van der Waals surface area contributed by atoms with Crippen molar-refractivity contribution in [2.24, 2.45) is 0 Å². The van der Waals surface area contributed by atoms with Crippen molar-refractivity contribution in [1.29, 1.82) is 0 Å². The topological polar surface area (TPSA) is 54.9 Å². The van der Waals surface area contributed by atoms with Crippen molar-refractivity contribution in [3.63, 3.8) is 0 Å². The highest BCUT2D eigenvalue weighted by Gasteiger charge is 2.34. The van der Waals surface area contributed by atoms with Crippen LogP contribution >= 0.6 is 34.9 Å². The Morgan fingerprint density at radius 2 is 1.96 bits per heavy atom. The van der Waals surface area contributed by atoms with E-state index in [4.69, 9.17) is 0 Å². The lowest BCUT2D eigenvalue weighted by Gasteiger charge is -2.15. The molecule has 1 heterocycles. The molecule has 0 aliphatic heterocycles. The molecule has 1 atom stereocenters. The van der Waals surface area contributed by atoms with Gasteiger partial charge in [-0.1, -0.05) is 53.9 Å². The van der Waals surface area contributed by atoms with Crippen LogP contribution in [0.3, 0.4) is 0 Å². The molecule has 0 saturated heterocycles. The van der Waals surface area contributed by atoms with E-state index >= 15 is 0 Å². The van der Waals surface area contributed by atoms with Gasteiger partial charge >= 0.3 is 6.18 Å². The van der Waals surface area contributed by atoms with Crippen LogP contribution < -0.4 is 5.32 Å². The number of benzene rings is 1. The summed E-state index contributed by atoms with van der Waals surface area (Å²) in [4.78, 5) is 12.2. The van der Waals surface area contributed by atoms with Gasteiger partial charge in [-0.15, -0.1) is 10.2 Å². The third-order valence-electron chi connectivity index (χ3n) is 2.79. The quantitative estimate of drug-likeness (QED) is 0.715. The van der Waals surface area contributed by atoms with Crippen molar-refractivity contribution in [3.05, 3.63) is 29.8 Å². The van der Waals surface area contributed by atoms with E-state index < -0.39 is 22.9 Å². The fraction of sp³-hybridized carbons (Fsp3) is 0.357. The van der Waals surface area contributed by atoms with E-state index in [9.17, 15) is 18.0 Å². The van der Waals surface area contributed by atoms with Crippen molar-refractivity contribution >= 4 is 46.5 Å². The highest BCUT2D eigenvalue weighted by atomic mass is 32.2. The minimum Gasteiger partial charge on any atom is -0.325 e. The van der Waals surface area contributed by atoms with E-state index in [1.165, 1.54) is 41.3 Å². The number of hydrogen-bond acceptors (Lipinski definition) is 6. The second kappa shape index (κ2) is 8.21. The Morgan fingerprint density at radius 3 is 2.62 bits per heavy atom. The maximum absolute atomic E-state index is 12.9. The highest BCUT2D eigenvalue weighted by molar-refractivity contribution is 8.03. The van der Waals surface area contributed by atoms with Crippen LogP contribution in [-0.4, -0.2) is 27.1 Å². The fourth-order valence-corrected chi connectivity index (χ4v) is 4.77. The van der Waals surface area contributed by atoms with Crippen molar-refractivity contribution in [2.45, 2.75) is 34.0 Å². The molecule has 1 N–H and O–H groups in total. The molecule has 1 aromatic carbocycles. The Hall–Kier alpha value is -1.26. The lowest BCUT2D eigenvalue weighted by Crippen LogP contribution is -2.24. The first kappa shape index (κ1) is 19.1. The molecular formula is C14H14F3N3OS3. The number of rotatable bonds is 6. The van der Waals surface area contributed by atoms with Gasteiger partial charge in [0.25, 0.3) is 0 Å². The van der Waals surface area contributed by atoms with Crippen LogP contribution in [0.1, 0.15) is 19.4 Å². The molecule has 0 unspecified atom stereocenters. The molecule has 0 radical (unpaired) electrons. The van der Waals surface area contributed by atoms with Crippen LogP contribution in [0.2, 0.25) is 0 Å². The van der Waals surface area contributed by atoms with E-state index in [1.807, 2.05) is 6.92 Å². The zero-order chi connectivity index (χ0) is 17.7. The van der Waals surface area contributed by atoms with Gasteiger partial charge < -0.3 is 5.32 Å². The summed E-state index contributed by atoms with van der Waals surface area (Å²) in [5.41, 5.74) is -1.12. The van der Waals surface area contributed by atoms with Crippen molar-refractivity contribution in [2.75, 3.05) is 11.1 Å². The molecule has 0 aliphatic rings. The number of aromatic nitrogens is 2. The smallest absolute Gasteiger partial charge is 0.325 e. The van der Waals surface area contributed by atoms with E-state index in [-0.39, 0.29) is 5.69 Å². The largest absolute Gasteiger partial charge is 0.418 e. The van der Waals surface area contributed by atoms with Gasteiger partial charge in [0.15, 0.2) is 8.68 Å². The van der Waals surface area contributed by atoms with Crippen molar-refractivity contribution in [3.8, 4) is 0 Å². The fourth-order valence-electron chi connectivity index (χ4n) is 1.71. The van der Waals surface area contributed by atoms with Crippen LogP contribution in [0, 0.1) is 0 Å². The number of anilines is 1. The Bertz CT molecular complexity index is 706. The van der Waals surface area contributed by atoms with Gasteiger partial charge in [-0.3, -0.25) is 4.79 Å². The zero-order valence-corrected chi connectivity index (χ0v) is 15.2. The molecule has 1 aromatic heterocycles. The monoisotopic (exact) mass is 393 g/mol. The van der Waals surface area contributed by atoms with Crippen LogP contribution in [0.25, 0.3) is 0 Å². The number of hydrogen-bond donors (Lipinski definition) is 1. The average Bonchev–Trinajstić information content (AvgIpc) is 2.94. The third kappa shape index (κ3) is 5.12.